The van der Waals surface area contributed by atoms with E-state index in [2.05, 4.69) is 10.3 Å². The fraction of sp³-hybridized carbons (Fsp3) is 0.438. The molecule has 3 rings (SSSR count). The number of fused-ring (bicyclic) bond motifs is 1. The molecular formula is C16H18N2O5. The average Bonchev–Trinajstić information content (AvgIpc) is 3.17. The van der Waals surface area contributed by atoms with Crippen molar-refractivity contribution in [3.8, 4) is 0 Å². The summed E-state index contributed by atoms with van der Waals surface area (Å²) in [4.78, 5) is 37.5. The third-order valence-electron chi connectivity index (χ3n) is 3.87. The summed E-state index contributed by atoms with van der Waals surface area (Å²) >= 11 is 0. The molecule has 0 saturated carbocycles. The number of nitrogens with one attached hydrogen (secondary N) is 2. The Morgan fingerprint density at radius 1 is 1.30 bits per heavy atom. The van der Waals surface area contributed by atoms with Crippen molar-refractivity contribution in [2.24, 2.45) is 0 Å². The highest BCUT2D eigenvalue weighted by molar-refractivity contribution is 6.00. The van der Waals surface area contributed by atoms with E-state index >= 15 is 0 Å². The van der Waals surface area contributed by atoms with Crippen LogP contribution in [-0.2, 0) is 9.53 Å². The zero-order valence-electron chi connectivity index (χ0n) is 12.6. The Balaban J connectivity index is 1.51. The summed E-state index contributed by atoms with van der Waals surface area (Å²) in [5.74, 6) is -0.885. The number of rotatable bonds is 6. The molecule has 0 radical (unpaired) electrons. The van der Waals surface area contributed by atoms with E-state index < -0.39 is 5.76 Å². The smallest absolute Gasteiger partial charge is 0.408 e. The molecule has 2 aromatic rings. The quantitative estimate of drug-likeness (QED) is 0.784. The van der Waals surface area contributed by atoms with Crippen molar-refractivity contribution in [2.45, 2.75) is 31.8 Å². The third-order valence-corrected chi connectivity index (χ3v) is 3.87. The lowest BCUT2D eigenvalue weighted by molar-refractivity contribution is -0.121. The number of H-pyrrole nitrogens is 1. The van der Waals surface area contributed by atoms with Gasteiger partial charge in [-0.3, -0.25) is 14.6 Å². The predicted molar refractivity (Wildman–Crippen MR) is 82.4 cm³/mol. The first kappa shape index (κ1) is 15.5. The lowest BCUT2D eigenvalue weighted by atomic mass is 10.1. The minimum Gasteiger partial charge on any atom is -0.408 e. The van der Waals surface area contributed by atoms with Crippen LogP contribution in [0.15, 0.2) is 27.4 Å². The van der Waals surface area contributed by atoms with E-state index in [-0.39, 0.29) is 30.6 Å². The Morgan fingerprint density at radius 3 is 2.96 bits per heavy atom. The van der Waals surface area contributed by atoms with Crippen LogP contribution in [0.3, 0.4) is 0 Å². The van der Waals surface area contributed by atoms with Gasteiger partial charge in [-0.15, -0.1) is 0 Å². The van der Waals surface area contributed by atoms with Crippen molar-refractivity contribution in [1.29, 1.82) is 0 Å². The number of benzene rings is 1. The summed E-state index contributed by atoms with van der Waals surface area (Å²) in [6, 6.07) is 4.74. The average molecular weight is 318 g/mol. The molecule has 0 aliphatic carbocycles. The molecule has 2 N–H and O–H groups in total. The van der Waals surface area contributed by atoms with Gasteiger partial charge in [0.15, 0.2) is 11.4 Å². The number of aromatic amines is 1. The number of hydrogen-bond acceptors (Lipinski definition) is 5. The second kappa shape index (κ2) is 6.78. The highest BCUT2D eigenvalue weighted by Crippen LogP contribution is 2.14. The number of aromatic nitrogens is 1. The number of carbonyl (C=O) groups excluding carboxylic acids is 2. The van der Waals surface area contributed by atoms with Gasteiger partial charge in [0, 0.05) is 31.6 Å². The van der Waals surface area contributed by atoms with Gasteiger partial charge in [-0.1, -0.05) is 0 Å². The lowest BCUT2D eigenvalue weighted by Crippen LogP contribution is -2.31. The predicted octanol–water partition coefficient (Wildman–Crippen LogP) is 1.38. The van der Waals surface area contributed by atoms with Crippen molar-refractivity contribution in [3.05, 3.63) is 34.3 Å². The molecule has 1 atom stereocenters. The van der Waals surface area contributed by atoms with E-state index in [4.69, 9.17) is 9.15 Å². The fourth-order valence-electron chi connectivity index (χ4n) is 2.61. The molecule has 23 heavy (non-hydrogen) atoms. The lowest BCUT2D eigenvalue weighted by Gasteiger charge is -2.10. The first-order valence-electron chi connectivity index (χ1n) is 7.66. The molecule has 1 aliphatic rings. The van der Waals surface area contributed by atoms with Crippen LogP contribution in [0.5, 0.6) is 0 Å². The zero-order chi connectivity index (χ0) is 16.2. The Bertz CT molecular complexity index is 770. The van der Waals surface area contributed by atoms with Gasteiger partial charge in [0.1, 0.15) is 0 Å². The van der Waals surface area contributed by atoms with Crippen molar-refractivity contribution in [1.82, 2.24) is 10.3 Å². The van der Waals surface area contributed by atoms with E-state index in [1.807, 2.05) is 0 Å². The highest BCUT2D eigenvalue weighted by atomic mass is 16.5. The van der Waals surface area contributed by atoms with Gasteiger partial charge in [0.2, 0.25) is 5.91 Å². The van der Waals surface area contributed by atoms with Gasteiger partial charge in [-0.2, -0.15) is 0 Å². The Hall–Kier alpha value is -2.41. The molecule has 122 valence electrons. The molecule has 0 spiro atoms. The molecule has 7 nitrogen and oxygen atoms in total. The van der Waals surface area contributed by atoms with Gasteiger partial charge in [-0.05, 0) is 31.0 Å². The van der Waals surface area contributed by atoms with Crippen LogP contribution < -0.4 is 11.1 Å². The molecule has 1 saturated heterocycles. The minimum absolute atomic E-state index is 0.0912. The summed E-state index contributed by atoms with van der Waals surface area (Å²) in [7, 11) is 0. The summed E-state index contributed by atoms with van der Waals surface area (Å²) in [5.41, 5.74) is 1.30. The van der Waals surface area contributed by atoms with Gasteiger partial charge >= 0.3 is 5.76 Å². The normalized spacial score (nSPS) is 17.5. The maximum absolute atomic E-state index is 12.1. The van der Waals surface area contributed by atoms with Crippen LogP contribution in [0.4, 0.5) is 0 Å². The molecule has 0 bridgehead atoms. The summed E-state index contributed by atoms with van der Waals surface area (Å²) in [6.07, 6.45) is 2.31. The van der Waals surface area contributed by atoms with Gasteiger partial charge in [0.05, 0.1) is 11.6 Å². The Morgan fingerprint density at radius 2 is 2.17 bits per heavy atom. The topological polar surface area (TPSA) is 101 Å². The second-order valence-electron chi connectivity index (χ2n) is 5.59. The standard InChI is InChI=1S/C16H18N2O5/c19-13(5-6-15(20)17-9-11-2-1-7-22-11)10-3-4-12-14(8-10)23-16(21)18-12/h3-4,8,11H,1-2,5-7,9H2,(H,17,20)(H,18,21). The molecule has 1 amide bonds. The van der Waals surface area contributed by atoms with Crippen molar-refractivity contribution in [3.63, 3.8) is 0 Å². The largest absolute Gasteiger partial charge is 0.417 e. The van der Waals surface area contributed by atoms with Crippen LogP contribution in [0, 0.1) is 0 Å². The summed E-state index contributed by atoms with van der Waals surface area (Å²) < 4.78 is 10.3. The number of hydrogen-bond donors (Lipinski definition) is 2. The molecule has 1 aromatic carbocycles. The molecule has 7 heteroatoms. The Kier molecular flexibility index (Phi) is 4.57. The van der Waals surface area contributed by atoms with Crippen LogP contribution in [0.25, 0.3) is 11.1 Å². The molecule has 1 unspecified atom stereocenters. The van der Waals surface area contributed by atoms with Gasteiger partial charge in [0.25, 0.3) is 0 Å². The van der Waals surface area contributed by atoms with Crippen molar-refractivity contribution >= 4 is 22.8 Å². The highest BCUT2D eigenvalue weighted by Gasteiger charge is 2.17. The number of carbonyl (C=O) groups is 2. The van der Waals surface area contributed by atoms with Crippen LogP contribution in [0.2, 0.25) is 0 Å². The zero-order valence-corrected chi connectivity index (χ0v) is 12.6. The van der Waals surface area contributed by atoms with Crippen molar-refractivity contribution in [2.75, 3.05) is 13.2 Å². The number of amides is 1. The summed E-state index contributed by atoms with van der Waals surface area (Å²) in [6.45, 7) is 1.24. The molecule has 2 heterocycles. The maximum Gasteiger partial charge on any atom is 0.417 e. The number of Topliss-reactive ketones (excluding diaryl/α,β-unsaturated/α-hetero) is 1. The maximum atomic E-state index is 12.1. The van der Waals surface area contributed by atoms with Crippen LogP contribution >= 0.6 is 0 Å². The van der Waals surface area contributed by atoms with E-state index in [9.17, 15) is 14.4 Å². The van der Waals surface area contributed by atoms with Crippen molar-refractivity contribution < 1.29 is 18.7 Å². The number of ketones is 1. The monoisotopic (exact) mass is 318 g/mol. The molecule has 1 fully saturated rings. The fourth-order valence-corrected chi connectivity index (χ4v) is 2.61. The SMILES string of the molecule is O=C(CCC(=O)c1ccc2[nH]c(=O)oc2c1)NCC1CCCO1. The van der Waals surface area contributed by atoms with E-state index in [1.165, 1.54) is 6.07 Å². The van der Waals surface area contributed by atoms with Gasteiger partial charge < -0.3 is 14.5 Å². The molecular weight excluding hydrogens is 300 g/mol. The second-order valence-corrected chi connectivity index (χ2v) is 5.59. The number of oxazole rings is 1. The minimum atomic E-state index is -0.557. The first-order chi connectivity index (χ1) is 11.1. The molecule has 1 aromatic heterocycles. The van der Waals surface area contributed by atoms with Crippen LogP contribution in [0.1, 0.15) is 36.0 Å². The first-order valence-corrected chi connectivity index (χ1v) is 7.66. The Labute approximate surface area is 132 Å². The molecule has 1 aliphatic heterocycles. The number of ether oxygens (including phenoxy) is 1. The van der Waals surface area contributed by atoms with Crippen LogP contribution in [-0.4, -0.2) is 35.9 Å². The van der Waals surface area contributed by atoms with E-state index in [0.717, 1.165) is 19.4 Å². The van der Waals surface area contributed by atoms with E-state index in [0.29, 0.717) is 23.2 Å². The summed E-state index contributed by atoms with van der Waals surface area (Å²) in [5, 5.41) is 2.78. The third kappa shape index (κ3) is 3.87. The van der Waals surface area contributed by atoms with Gasteiger partial charge in [-0.25, -0.2) is 4.79 Å². The van der Waals surface area contributed by atoms with E-state index in [1.54, 1.807) is 12.1 Å².